The number of hydrogen-bond acceptors (Lipinski definition) is 6. The quantitative estimate of drug-likeness (QED) is 0.383. The molecule has 3 rings (SSSR count). The lowest BCUT2D eigenvalue weighted by Crippen LogP contribution is -2.22. The number of aryl methyl sites for hydroxylation is 2. The number of anilines is 1. The molecule has 2 aromatic rings. The van der Waals surface area contributed by atoms with Crippen LogP contribution in [0.5, 0.6) is 11.5 Å². The van der Waals surface area contributed by atoms with Crippen LogP contribution in [-0.2, 0) is 9.59 Å². The fourth-order valence-corrected chi connectivity index (χ4v) is 4.91. The molecule has 0 aliphatic carbocycles. The van der Waals surface area contributed by atoms with Crippen molar-refractivity contribution in [3.05, 3.63) is 56.4 Å². The Morgan fingerprint density at radius 1 is 1.19 bits per heavy atom. The highest BCUT2D eigenvalue weighted by Gasteiger charge is 2.28. The maximum Gasteiger partial charge on any atom is 0.265 e. The van der Waals surface area contributed by atoms with Crippen LogP contribution in [0.3, 0.4) is 0 Å². The SMILES string of the molecule is CCOc1cc(/C=C2\SC(=S)N(C)C2=O)cc(Br)c1OCC(=O)Nc1cc(C)cc(C)c1. The monoisotopic (exact) mass is 534 g/mol. The van der Waals surface area contributed by atoms with Gasteiger partial charge in [-0.1, -0.05) is 30.0 Å². The number of carbonyl (C=O) groups is 2. The summed E-state index contributed by atoms with van der Waals surface area (Å²) in [5.74, 6) is 0.472. The summed E-state index contributed by atoms with van der Waals surface area (Å²) in [6.07, 6.45) is 1.76. The number of rotatable bonds is 7. The van der Waals surface area contributed by atoms with E-state index in [1.807, 2.05) is 45.0 Å². The Kier molecular flexibility index (Phi) is 7.97. The lowest BCUT2D eigenvalue weighted by molar-refractivity contribution is -0.121. The minimum Gasteiger partial charge on any atom is -0.490 e. The van der Waals surface area contributed by atoms with Gasteiger partial charge in [-0.05, 0) is 83.7 Å². The predicted molar refractivity (Wildman–Crippen MR) is 136 cm³/mol. The topological polar surface area (TPSA) is 67.9 Å². The zero-order chi connectivity index (χ0) is 23.4. The van der Waals surface area contributed by atoms with Crippen LogP contribution < -0.4 is 14.8 Å². The number of thioether (sulfide) groups is 1. The molecular weight excluding hydrogens is 512 g/mol. The van der Waals surface area contributed by atoms with Gasteiger partial charge in [-0.25, -0.2) is 0 Å². The molecule has 0 saturated carbocycles. The Hall–Kier alpha value is -2.36. The van der Waals surface area contributed by atoms with Gasteiger partial charge in [0.15, 0.2) is 18.1 Å². The first-order valence-electron chi connectivity index (χ1n) is 9.86. The van der Waals surface area contributed by atoms with Crippen LogP contribution in [-0.4, -0.2) is 41.3 Å². The van der Waals surface area contributed by atoms with Gasteiger partial charge in [0.25, 0.3) is 11.8 Å². The van der Waals surface area contributed by atoms with Gasteiger partial charge in [0.2, 0.25) is 0 Å². The first kappa shape index (κ1) is 24.3. The van der Waals surface area contributed by atoms with Gasteiger partial charge in [0.05, 0.1) is 16.0 Å². The Balaban J connectivity index is 1.77. The number of nitrogens with one attached hydrogen (secondary N) is 1. The van der Waals surface area contributed by atoms with E-state index in [1.54, 1.807) is 19.2 Å². The van der Waals surface area contributed by atoms with E-state index in [0.717, 1.165) is 22.4 Å². The van der Waals surface area contributed by atoms with E-state index < -0.39 is 0 Å². The predicted octanol–water partition coefficient (Wildman–Crippen LogP) is 5.31. The van der Waals surface area contributed by atoms with E-state index in [0.29, 0.717) is 31.8 Å². The van der Waals surface area contributed by atoms with Crippen molar-refractivity contribution < 1.29 is 19.1 Å². The lowest BCUT2D eigenvalue weighted by atomic mass is 10.1. The summed E-state index contributed by atoms with van der Waals surface area (Å²) in [5, 5.41) is 2.85. The van der Waals surface area contributed by atoms with Gasteiger partial charge in [-0.2, -0.15) is 0 Å². The van der Waals surface area contributed by atoms with Crippen LogP contribution in [0.15, 0.2) is 39.7 Å². The van der Waals surface area contributed by atoms with Crippen molar-refractivity contribution >= 4 is 67.8 Å². The molecule has 2 aromatic carbocycles. The second-order valence-electron chi connectivity index (χ2n) is 7.22. The first-order chi connectivity index (χ1) is 15.2. The summed E-state index contributed by atoms with van der Waals surface area (Å²) >= 11 is 9.93. The molecule has 1 aliphatic heterocycles. The number of likely N-dealkylation sites (N-methyl/N-ethyl adjacent to an activating group) is 1. The number of amides is 2. The van der Waals surface area contributed by atoms with Crippen molar-refractivity contribution in [3.8, 4) is 11.5 Å². The first-order valence-corrected chi connectivity index (χ1v) is 11.9. The van der Waals surface area contributed by atoms with Gasteiger partial charge in [0.1, 0.15) is 4.32 Å². The molecule has 0 bridgehead atoms. The molecule has 0 spiro atoms. The number of benzene rings is 2. The van der Waals surface area contributed by atoms with Gasteiger partial charge < -0.3 is 14.8 Å². The molecule has 0 radical (unpaired) electrons. The Bertz CT molecular complexity index is 1100. The van der Waals surface area contributed by atoms with E-state index in [2.05, 4.69) is 21.2 Å². The summed E-state index contributed by atoms with van der Waals surface area (Å²) in [6, 6.07) is 9.42. The average molecular weight is 535 g/mol. The summed E-state index contributed by atoms with van der Waals surface area (Å²) in [6.45, 7) is 6.05. The van der Waals surface area contributed by atoms with Gasteiger partial charge in [-0.15, -0.1) is 0 Å². The second kappa shape index (κ2) is 10.5. The molecule has 2 amide bonds. The molecule has 1 fully saturated rings. The normalized spacial score (nSPS) is 14.8. The Morgan fingerprint density at radius 2 is 1.88 bits per heavy atom. The Labute approximate surface area is 205 Å². The highest BCUT2D eigenvalue weighted by atomic mass is 79.9. The number of nitrogens with zero attached hydrogens (tertiary/aromatic N) is 1. The zero-order valence-electron chi connectivity index (χ0n) is 18.2. The molecule has 0 unspecified atom stereocenters. The molecule has 0 atom stereocenters. The molecule has 1 aliphatic rings. The number of halogens is 1. The number of carbonyl (C=O) groups excluding carboxylic acids is 2. The number of hydrogen-bond donors (Lipinski definition) is 1. The Morgan fingerprint density at radius 3 is 2.47 bits per heavy atom. The maximum absolute atomic E-state index is 12.4. The third kappa shape index (κ3) is 5.90. The van der Waals surface area contributed by atoms with Crippen molar-refractivity contribution in [1.29, 1.82) is 0 Å². The lowest BCUT2D eigenvalue weighted by Gasteiger charge is -2.15. The highest BCUT2D eigenvalue weighted by molar-refractivity contribution is 9.10. The molecule has 1 saturated heterocycles. The van der Waals surface area contributed by atoms with Crippen molar-refractivity contribution in [2.24, 2.45) is 0 Å². The summed E-state index contributed by atoms with van der Waals surface area (Å²) in [7, 11) is 1.65. The van der Waals surface area contributed by atoms with E-state index in [9.17, 15) is 9.59 Å². The molecule has 1 N–H and O–H groups in total. The van der Waals surface area contributed by atoms with E-state index in [-0.39, 0.29) is 18.4 Å². The van der Waals surface area contributed by atoms with Crippen LogP contribution in [0.2, 0.25) is 0 Å². The van der Waals surface area contributed by atoms with Crippen molar-refractivity contribution in [1.82, 2.24) is 4.90 Å². The third-order valence-corrected chi connectivity index (χ3v) is 6.54. The largest absolute Gasteiger partial charge is 0.490 e. The standard InChI is InChI=1S/C23H23BrN2O4S2/c1-5-29-18-10-15(11-19-22(28)26(4)23(31)32-19)9-17(24)21(18)30-12-20(27)25-16-7-13(2)6-14(3)8-16/h6-11H,5,12H2,1-4H3,(H,25,27)/b19-11-. The van der Waals surface area contributed by atoms with Crippen LogP contribution in [0.1, 0.15) is 23.6 Å². The van der Waals surface area contributed by atoms with Crippen molar-refractivity contribution in [2.75, 3.05) is 25.6 Å². The summed E-state index contributed by atoms with van der Waals surface area (Å²) in [4.78, 5) is 26.7. The zero-order valence-corrected chi connectivity index (χ0v) is 21.4. The van der Waals surface area contributed by atoms with Crippen LogP contribution in [0, 0.1) is 13.8 Å². The summed E-state index contributed by atoms with van der Waals surface area (Å²) < 4.78 is 12.6. The van der Waals surface area contributed by atoms with Crippen molar-refractivity contribution in [2.45, 2.75) is 20.8 Å². The van der Waals surface area contributed by atoms with Gasteiger partial charge in [-0.3, -0.25) is 14.5 Å². The van der Waals surface area contributed by atoms with Crippen LogP contribution >= 0.6 is 39.9 Å². The molecule has 6 nitrogen and oxygen atoms in total. The highest BCUT2D eigenvalue weighted by Crippen LogP contribution is 2.39. The molecule has 0 aromatic heterocycles. The maximum atomic E-state index is 12.4. The fourth-order valence-electron chi connectivity index (χ4n) is 3.15. The van der Waals surface area contributed by atoms with Crippen molar-refractivity contribution in [3.63, 3.8) is 0 Å². The average Bonchev–Trinajstić information content (AvgIpc) is 2.93. The molecular formula is C23H23BrN2O4S2. The van der Waals surface area contributed by atoms with Gasteiger partial charge >= 0.3 is 0 Å². The van der Waals surface area contributed by atoms with Gasteiger partial charge in [0, 0.05) is 12.7 Å². The molecule has 32 heavy (non-hydrogen) atoms. The van der Waals surface area contributed by atoms with Crippen LogP contribution in [0.25, 0.3) is 6.08 Å². The van der Waals surface area contributed by atoms with E-state index in [4.69, 9.17) is 21.7 Å². The molecule has 9 heteroatoms. The minimum absolute atomic E-state index is 0.141. The van der Waals surface area contributed by atoms with E-state index in [1.165, 1.54) is 16.7 Å². The molecule has 168 valence electrons. The third-order valence-electron chi connectivity index (χ3n) is 4.47. The minimum atomic E-state index is -0.278. The fraction of sp³-hybridized carbons (Fsp3) is 0.261. The summed E-state index contributed by atoms with van der Waals surface area (Å²) in [5.41, 5.74) is 3.61. The number of thiocarbonyl (C=S) groups is 1. The van der Waals surface area contributed by atoms with Crippen LogP contribution in [0.4, 0.5) is 5.69 Å². The number of ether oxygens (including phenoxy) is 2. The molecule has 1 heterocycles. The smallest absolute Gasteiger partial charge is 0.265 e. The second-order valence-corrected chi connectivity index (χ2v) is 9.75. The van der Waals surface area contributed by atoms with E-state index >= 15 is 0 Å².